The van der Waals surface area contributed by atoms with Gasteiger partial charge in [0.15, 0.2) is 0 Å². The first-order valence-electron chi connectivity index (χ1n) is 6.22. The molecule has 2 rings (SSSR count). The molecule has 0 spiro atoms. The van der Waals surface area contributed by atoms with Gasteiger partial charge in [-0.2, -0.15) is 0 Å². The molecule has 20 heavy (non-hydrogen) atoms. The molecule has 0 amide bonds. The van der Waals surface area contributed by atoms with Crippen molar-refractivity contribution >= 4 is 31.9 Å². The number of hydrogen-bond donors (Lipinski definition) is 0. The second-order valence-corrected chi connectivity index (χ2v) is 5.99. The normalized spacial score (nSPS) is 11.6. The quantitative estimate of drug-likeness (QED) is 0.599. The largest absolute Gasteiger partial charge is 0.207 e. The van der Waals surface area contributed by atoms with Gasteiger partial charge in [0, 0.05) is 22.1 Å². The molecule has 0 N–H and O–H groups in total. The lowest BCUT2D eigenvalue weighted by atomic mass is 9.79. The summed E-state index contributed by atoms with van der Waals surface area (Å²) in [6, 6.07) is 13.7. The number of benzene rings is 2. The van der Waals surface area contributed by atoms with Gasteiger partial charge in [0.1, 0.15) is 11.6 Å². The maximum Gasteiger partial charge on any atom is 0.126 e. The summed E-state index contributed by atoms with van der Waals surface area (Å²) in [5, 5.41) is 1.40. The van der Waals surface area contributed by atoms with Crippen molar-refractivity contribution in [2.24, 2.45) is 0 Å². The second-order valence-electron chi connectivity index (χ2n) is 4.87. The summed E-state index contributed by atoms with van der Waals surface area (Å²) in [5.41, 5.74) is 1.56. The van der Waals surface area contributed by atoms with Crippen molar-refractivity contribution in [3.8, 4) is 0 Å². The molecular weight excluding hydrogens is 390 g/mol. The van der Waals surface area contributed by atoms with Crippen LogP contribution in [-0.4, -0.2) is 10.7 Å². The molecule has 0 aliphatic rings. The minimum Gasteiger partial charge on any atom is -0.207 e. The van der Waals surface area contributed by atoms with Crippen molar-refractivity contribution in [2.75, 3.05) is 10.7 Å². The highest BCUT2D eigenvalue weighted by molar-refractivity contribution is 9.09. The molecule has 0 saturated carbocycles. The average molecular weight is 404 g/mol. The van der Waals surface area contributed by atoms with Gasteiger partial charge in [-0.05, 0) is 29.7 Å². The van der Waals surface area contributed by atoms with E-state index < -0.39 is 11.6 Å². The first kappa shape index (κ1) is 15.6. The zero-order valence-corrected chi connectivity index (χ0v) is 13.9. The Bertz CT molecular complexity index is 546. The van der Waals surface area contributed by atoms with Crippen molar-refractivity contribution < 1.29 is 8.78 Å². The van der Waals surface area contributed by atoms with Crippen LogP contribution in [0, 0.1) is 11.6 Å². The lowest BCUT2D eigenvalue weighted by molar-refractivity contribution is 0.537. The highest BCUT2D eigenvalue weighted by atomic mass is 79.9. The summed E-state index contributed by atoms with van der Waals surface area (Å²) in [4.78, 5) is 0. The van der Waals surface area contributed by atoms with Crippen molar-refractivity contribution in [2.45, 2.75) is 11.8 Å². The first-order valence-corrected chi connectivity index (χ1v) is 8.46. The highest BCUT2D eigenvalue weighted by Gasteiger charge is 2.30. The van der Waals surface area contributed by atoms with E-state index in [0.717, 1.165) is 11.6 Å². The van der Waals surface area contributed by atoms with Crippen LogP contribution in [0.25, 0.3) is 0 Å². The Balaban J connectivity index is 2.39. The van der Waals surface area contributed by atoms with Crippen molar-refractivity contribution in [1.29, 1.82) is 0 Å². The molecule has 2 aromatic carbocycles. The molecule has 0 nitrogen and oxygen atoms in total. The predicted octanol–water partition coefficient (Wildman–Crippen LogP) is 5.24. The lowest BCUT2D eigenvalue weighted by Crippen LogP contribution is -2.33. The Morgan fingerprint density at radius 2 is 1.40 bits per heavy atom. The molecule has 0 atom stereocenters. The highest BCUT2D eigenvalue weighted by Crippen LogP contribution is 2.33. The van der Waals surface area contributed by atoms with Crippen molar-refractivity contribution in [1.82, 2.24) is 0 Å². The fourth-order valence-electron chi connectivity index (χ4n) is 2.28. The number of halogens is 4. The molecule has 0 unspecified atom stereocenters. The van der Waals surface area contributed by atoms with E-state index in [1.165, 1.54) is 12.1 Å². The van der Waals surface area contributed by atoms with Gasteiger partial charge in [0.05, 0.1) is 0 Å². The van der Waals surface area contributed by atoms with Gasteiger partial charge in [-0.25, -0.2) is 8.78 Å². The van der Waals surface area contributed by atoms with Gasteiger partial charge in [0.25, 0.3) is 0 Å². The van der Waals surface area contributed by atoms with E-state index >= 15 is 0 Å². The van der Waals surface area contributed by atoms with Gasteiger partial charge >= 0.3 is 0 Å². The fourth-order valence-corrected chi connectivity index (χ4v) is 4.25. The molecule has 0 aliphatic carbocycles. The van der Waals surface area contributed by atoms with Crippen LogP contribution in [0.2, 0.25) is 0 Å². The zero-order valence-electron chi connectivity index (χ0n) is 10.8. The Labute approximate surface area is 134 Å². The molecule has 2 aromatic rings. The van der Waals surface area contributed by atoms with E-state index in [9.17, 15) is 8.78 Å². The first-order chi connectivity index (χ1) is 9.59. The predicted molar refractivity (Wildman–Crippen MR) is 85.8 cm³/mol. The average Bonchev–Trinajstić information content (AvgIpc) is 2.45. The monoisotopic (exact) mass is 402 g/mol. The fraction of sp³-hybridized carbons (Fsp3) is 0.250. The maximum absolute atomic E-state index is 13.4. The van der Waals surface area contributed by atoms with E-state index in [1.807, 2.05) is 30.3 Å². The molecule has 0 aromatic heterocycles. The third-order valence-electron chi connectivity index (χ3n) is 3.36. The summed E-state index contributed by atoms with van der Waals surface area (Å²) in [6.45, 7) is 0. The number of alkyl halides is 2. The Morgan fingerprint density at radius 3 is 1.90 bits per heavy atom. The van der Waals surface area contributed by atoms with Gasteiger partial charge < -0.3 is 0 Å². The zero-order chi connectivity index (χ0) is 14.6. The summed E-state index contributed by atoms with van der Waals surface area (Å²) in [6.07, 6.45) is 0.558. The van der Waals surface area contributed by atoms with Crippen LogP contribution in [0.3, 0.4) is 0 Å². The number of rotatable bonds is 5. The maximum atomic E-state index is 13.4. The molecule has 0 heterocycles. The van der Waals surface area contributed by atoms with E-state index in [4.69, 9.17) is 0 Å². The summed E-state index contributed by atoms with van der Waals surface area (Å²) in [7, 11) is 0. The standard InChI is InChI=1S/C16H14Br2F2/c17-10-16(11-18,13-4-2-1-3-5-13)9-12-6-14(19)8-15(20)7-12/h1-8H,9-11H2. The smallest absolute Gasteiger partial charge is 0.126 e. The minimum atomic E-state index is -0.536. The van der Waals surface area contributed by atoms with Gasteiger partial charge in [-0.1, -0.05) is 62.2 Å². The topological polar surface area (TPSA) is 0 Å². The third-order valence-corrected chi connectivity index (χ3v) is 5.51. The number of hydrogen-bond acceptors (Lipinski definition) is 0. The Morgan fingerprint density at radius 1 is 0.850 bits per heavy atom. The van der Waals surface area contributed by atoms with Crippen LogP contribution in [0.15, 0.2) is 48.5 Å². The van der Waals surface area contributed by atoms with Crippen LogP contribution < -0.4 is 0 Å². The molecule has 0 bridgehead atoms. The van der Waals surface area contributed by atoms with Crippen LogP contribution in [0.5, 0.6) is 0 Å². The van der Waals surface area contributed by atoms with Gasteiger partial charge in [-0.15, -0.1) is 0 Å². The second kappa shape index (κ2) is 6.81. The molecule has 0 aliphatic heterocycles. The van der Waals surface area contributed by atoms with Crippen LogP contribution >= 0.6 is 31.9 Å². The minimum absolute atomic E-state index is 0.235. The van der Waals surface area contributed by atoms with E-state index in [2.05, 4.69) is 31.9 Å². The Hall–Kier alpha value is -0.740. The van der Waals surface area contributed by atoms with Gasteiger partial charge in [0.2, 0.25) is 0 Å². The van der Waals surface area contributed by atoms with E-state index in [1.54, 1.807) is 0 Å². The van der Waals surface area contributed by atoms with Gasteiger partial charge in [-0.3, -0.25) is 0 Å². The summed E-state index contributed by atoms with van der Waals surface area (Å²) in [5.74, 6) is -1.07. The molecule has 0 radical (unpaired) electrons. The van der Waals surface area contributed by atoms with E-state index in [0.29, 0.717) is 22.6 Å². The summed E-state index contributed by atoms with van der Waals surface area (Å²) >= 11 is 7.09. The Kier molecular flexibility index (Phi) is 5.33. The summed E-state index contributed by atoms with van der Waals surface area (Å²) < 4.78 is 26.7. The third kappa shape index (κ3) is 3.47. The van der Waals surface area contributed by atoms with Crippen LogP contribution in [-0.2, 0) is 11.8 Å². The molecule has 0 saturated heterocycles. The van der Waals surface area contributed by atoms with Crippen molar-refractivity contribution in [3.63, 3.8) is 0 Å². The van der Waals surface area contributed by atoms with Crippen LogP contribution in [0.1, 0.15) is 11.1 Å². The molecule has 106 valence electrons. The molecular formula is C16H14Br2F2. The molecule has 4 heteroatoms. The van der Waals surface area contributed by atoms with Crippen molar-refractivity contribution in [3.05, 3.63) is 71.3 Å². The van der Waals surface area contributed by atoms with E-state index in [-0.39, 0.29) is 5.41 Å². The SMILES string of the molecule is Fc1cc(F)cc(CC(CBr)(CBr)c2ccccc2)c1. The van der Waals surface area contributed by atoms with Crippen LogP contribution in [0.4, 0.5) is 8.78 Å². The lowest BCUT2D eigenvalue weighted by Gasteiger charge is -2.31. The molecule has 0 fully saturated rings.